The summed E-state index contributed by atoms with van der Waals surface area (Å²) in [5.74, 6) is -0.784. The van der Waals surface area contributed by atoms with E-state index in [4.69, 9.17) is 16.3 Å². The number of benzene rings is 3. The maximum Gasteiger partial charge on any atom is 0.295 e. The summed E-state index contributed by atoms with van der Waals surface area (Å²) in [5, 5.41) is 11.8. The third-order valence-electron chi connectivity index (χ3n) is 6.07. The number of aliphatic hydroxyl groups excluding tert-OH is 1. The molecule has 3 aromatic carbocycles. The second-order valence-corrected chi connectivity index (χ2v) is 8.86. The smallest absolute Gasteiger partial charge is 0.295 e. The van der Waals surface area contributed by atoms with Gasteiger partial charge in [-0.15, -0.1) is 0 Å². The molecule has 166 valence electrons. The predicted molar refractivity (Wildman–Crippen MR) is 126 cm³/mol. The van der Waals surface area contributed by atoms with Gasteiger partial charge >= 0.3 is 0 Å². The third-order valence-corrected chi connectivity index (χ3v) is 6.30. The number of likely N-dealkylation sites (tertiary alicyclic amines) is 1. The van der Waals surface area contributed by atoms with Gasteiger partial charge < -0.3 is 14.7 Å². The zero-order valence-corrected chi connectivity index (χ0v) is 18.8. The predicted octanol–water partition coefficient (Wildman–Crippen LogP) is 5.29. The molecule has 0 aromatic heterocycles. The largest absolute Gasteiger partial charge is 0.507 e. The van der Waals surface area contributed by atoms with E-state index in [0.717, 1.165) is 23.3 Å². The van der Waals surface area contributed by atoms with Crippen molar-refractivity contribution in [2.75, 3.05) is 0 Å². The summed E-state index contributed by atoms with van der Waals surface area (Å²) in [6, 6.07) is 21.1. The molecule has 0 radical (unpaired) electrons. The fourth-order valence-corrected chi connectivity index (χ4v) is 4.77. The Labute approximate surface area is 196 Å². The van der Waals surface area contributed by atoms with Crippen LogP contribution in [0.15, 0.2) is 78.4 Å². The number of carbonyl (C=O) groups excluding carboxylic acids is 2. The van der Waals surface area contributed by atoms with Crippen molar-refractivity contribution in [3.8, 4) is 5.75 Å². The number of nitrogens with zero attached hydrogens (tertiary/aromatic N) is 1. The lowest BCUT2D eigenvalue weighted by molar-refractivity contribution is -0.140. The van der Waals surface area contributed by atoms with Crippen molar-refractivity contribution in [2.24, 2.45) is 0 Å². The molecule has 2 atom stereocenters. The number of Topliss-reactive ketones (excluding diaryl/α,β-unsaturated/α-hetero) is 1. The summed E-state index contributed by atoms with van der Waals surface area (Å²) in [4.78, 5) is 27.8. The Morgan fingerprint density at radius 1 is 1.06 bits per heavy atom. The van der Waals surface area contributed by atoms with Crippen molar-refractivity contribution < 1.29 is 19.4 Å². The molecule has 1 fully saturated rings. The van der Waals surface area contributed by atoms with Gasteiger partial charge in [0, 0.05) is 23.6 Å². The molecule has 1 amide bonds. The zero-order chi connectivity index (χ0) is 23.1. The lowest BCUT2D eigenvalue weighted by Crippen LogP contribution is -2.29. The molecule has 2 heterocycles. The third kappa shape index (κ3) is 3.89. The van der Waals surface area contributed by atoms with Gasteiger partial charge in [-0.05, 0) is 53.9 Å². The number of rotatable bonds is 4. The zero-order valence-electron chi connectivity index (χ0n) is 18.0. The van der Waals surface area contributed by atoms with Gasteiger partial charge in [0.05, 0.1) is 11.6 Å². The van der Waals surface area contributed by atoms with Gasteiger partial charge in [0.1, 0.15) is 17.6 Å². The number of carbonyl (C=O) groups is 2. The molecule has 0 bridgehead atoms. The number of ether oxygens (including phenoxy) is 1. The maximum atomic E-state index is 13.2. The first kappa shape index (κ1) is 21.3. The van der Waals surface area contributed by atoms with Crippen LogP contribution in [0.1, 0.15) is 35.2 Å². The molecule has 6 heteroatoms. The minimum Gasteiger partial charge on any atom is -0.507 e. The summed E-state index contributed by atoms with van der Waals surface area (Å²) < 4.78 is 5.75. The highest BCUT2D eigenvalue weighted by Crippen LogP contribution is 2.41. The van der Waals surface area contributed by atoms with Crippen LogP contribution in [-0.2, 0) is 22.6 Å². The normalized spacial score (nSPS) is 21.2. The van der Waals surface area contributed by atoms with Crippen molar-refractivity contribution in [2.45, 2.75) is 32.0 Å². The van der Waals surface area contributed by atoms with Crippen LogP contribution in [0.2, 0.25) is 5.02 Å². The Bertz CT molecular complexity index is 1280. The van der Waals surface area contributed by atoms with Gasteiger partial charge in [0.15, 0.2) is 0 Å². The molecule has 33 heavy (non-hydrogen) atoms. The van der Waals surface area contributed by atoms with Gasteiger partial charge in [-0.2, -0.15) is 0 Å². The second-order valence-electron chi connectivity index (χ2n) is 8.42. The molecular weight excluding hydrogens is 438 g/mol. The molecule has 2 aliphatic heterocycles. The van der Waals surface area contributed by atoms with E-state index in [1.807, 2.05) is 49.4 Å². The van der Waals surface area contributed by atoms with Gasteiger partial charge in [-0.3, -0.25) is 9.59 Å². The van der Waals surface area contributed by atoms with Crippen molar-refractivity contribution in [3.63, 3.8) is 0 Å². The Balaban J connectivity index is 1.64. The number of hydrogen-bond donors (Lipinski definition) is 1. The van der Waals surface area contributed by atoms with Gasteiger partial charge in [0.25, 0.3) is 11.7 Å². The number of aliphatic hydroxyl groups is 1. The standard InChI is InChI=1S/C27H22ClNO4/c1-16-12-20-13-19(10-11-22(20)33-16)25(30)23-24(18-8-5-9-21(28)14-18)29(27(32)26(23)31)15-17-6-3-2-4-7-17/h2-11,13-14,16,24,30H,12,15H2,1H3/t16-,24+/m1/s1. The van der Waals surface area contributed by atoms with Crippen LogP contribution in [0.25, 0.3) is 5.76 Å². The molecule has 0 saturated carbocycles. The minimum atomic E-state index is -0.757. The van der Waals surface area contributed by atoms with Crippen LogP contribution < -0.4 is 4.74 Å². The van der Waals surface area contributed by atoms with Gasteiger partial charge in [-0.25, -0.2) is 0 Å². The fourth-order valence-electron chi connectivity index (χ4n) is 4.57. The summed E-state index contributed by atoms with van der Waals surface area (Å²) in [7, 11) is 0. The molecule has 3 aromatic rings. The molecule has 0 aliphatic carbocycles. The summed E-state index contributed by atoms with van der Waals surface area (Å²) in [6.07, 6.45) is 0.775. The minimum absolute atomic E-state index is 0.0558. The molecule has 1 saturated heterocycles. The number of hydrogen-bond acceptors (Lipinski definition) is 4. The monoisotopic (exact) mass is 459 g/mol. The highest BCUT2D eigenvalue weighted by atomic mass is 35.5. The first-order valence-corrected chi connectivity index (χ1v) is 11.2. The van der Waals surface area contributed by atoms with E-state index >= 15 is 0 Å². The number of fused-ring (bicyclic) bond motifs is 1. The molecule has 5 rings (SSSR count). The van der Waals surface area contributed by atoms with E-state index in [2.05, 4.69) is 0 Å². The van der Waals surface area contributed by atoms with E-state index in [0.29, 0.717) is 16.1 Å². The van der Waals surface area contributed by atoms with E-state index in [1.54, 1.807) is 30.3 Å². The summed E-state index contributed by atoms with van der Waals surface area (Å²) in [6.45, 7) is 2.21. The van der Waals surface area contributed by atoms with E-state index in [-0.39, 0.29) is 24.0 Å². The molecule has 0 spiro atoms. The van der Waals surface area contributed by atoms with Crippen molar-refractivity contribution in [1.82, 2.24) is 4.90 Å². The van der Waals surface area contributed by atoms with Crippen molar-refractivity contribution in [1.29, 1.82) is 0 Å². The lowest BCUT2D eigenvalue weighted by Gasteiger charge is -2.25. The highest BCUT2D eigenvalue weighted by Gasteiger charge is 2.46. The van der Waals surface area contributed by atoms with Gasteiger partial charge in [0.2, 0.25) is 0 Å². The molecular formula is C27H22ClNO4. The van der Waals surface area contributed by atoms with Crippen molar-refractivity contribution in [3.05, 3.63) is 106 Å². The van der Waals surface area contributed by atoms with E-state index in [9.17, 15) is 14.7 Å². The summed E-state index contributed by atoms with van der Waals surface area (Å²) in [5.41, 5.74) is 3.05. The van der Waals surface area contributed by atoms with Crippen LogP contribution in [0.5, 0.6) is 5.75 Å². The topological polar surface area (TPSA) is 66.8 Å². The quantitative estimate of drug-likeness (QED) is 0.327. The highest BCUT2D eigenvalue weighted by molar-refractivity contribution is 6.46. The number of amides is 1. The number of halogens is 1. The number of ketones is 1. The van der Waals surface area contributed by atoms with Crippen LogP contribution in [0.3, 0.4) is 0 Å². The Kier molecular flexibility index (Phi) is 5.43. The van der Waals surface area contributed by atoms with Crippen LogP contribution in [0.4, 0.5) is 0 Å². The lowest BCUT2D eigenvalue weighted by atomic mass is 9.94. The summed E-state index contributed by atoms with van der Waals surface area (Å²) >= 11 is 6.25. The average molecular weight is 460 g/mol. The van der Waals surface area contributed by atoms with Gasteiger partial charge in [-0.1, -0.05) is 54.1 Å². The fraction of sp³-hybridized carbons (Fsp3) is 0.185. The molecule has 5 nitrogen and oxygen atoms in total. The van der Waals surface area contributed by atoms with E-state index < -0.39 is 17.7 Å². The van der Waals surface area contributed by atoms with Crippen LogP contribution in [0, 0.1) is 0 Å². The molecule has 1 N–H and O–H groups in total. The Hall–Kier alpha value is -3.57. The maximum absolute atomic E-state index is 13.2. The first-order valence-electron chi connectivity index (χ1n) is 10.8. The van der Waals surface area contributed by atoms with Crippen molar-refractivity contribution >= 4 is 29.1 Å². The molecule has 0 unspecified atom stereocenters. The van der Waals surface area contributed by atoms with Crippen LogP contribution >= 0.6 is 11.6 Å². The van der Waals surface area contributed by atoms with E-state index in [1.165, 1.54) is 4.90 Å². The Morgan fingerprint density at radius 3 is 2.61 bits per heavy atom. The second kappa shape index (κ2) is 8.41. The van der Waals surface area contributed by atoms with Crippen LogP contribution in [-0.4, -0.2) is 27.8 Å². The SMILES string of the molecule is C[C@@H]1Cc2cc(C(O)=C3C(=O)C(=O)N(Cc4ccccc4)[C@H]3c3cccc(Cl)c3)ccc2O1. The average Bonchev–Trinajstić information content (AvgIpc) is 3.30. The first-order chi connectivity index (χ1) is 15.9. The molecule has 2 aliphatic rings. The Morgan fingerprint density at radius 2 is 1.85 bits per heavy atom.